The molecule has 0 aromatic heterocycles. The van der Waals surface area contributed by atoms with Crippen molar-refractivity contribution in [2.45, 2.75) is 19.4 Å². The molecule has 0 aliphatic rings. The van der Waals surface area contributed by atoms with Crippen LogP contribution in [-0.4, -0.2) is 13.7 Å². The van der Waals surface area contributed by atoms with E-state index in [-0.39, 0.29) is 0 Å². The molecule has 0 radical (unpaired) electrons. The molecule has 0 spiro atoms. The van der Waals surface area contributed by atoms with Gasteiger partial charge in [0.15, 0.2) is 0 Å². The van der Waals surface area contributed by atoms with Crippen molar-refractivity contribution < 1.29 is 4.74 Å². The Bertz CT molecular complexity index is 317. The number of rotatable bonds is 6. The van der Waals surface area contributed by atoms with Crippen molar-refractivity contribution in [1.29, 1.82) is 0 Å². The van der Waals surface area contributed by atoms with E-state index in [9.17, 15) is 0 Å². The summed E-state index contributed by atoms with van der Waals surface area (Å²) in [4.78, 5) is 0. The Labute approximate surface area is 102 Å². The molecular weight excluding hydrogens is 222 g/mol. The summed E-state index contributed by atoms with van der Waals surface area (Å²) in [5.41, 5.74) is 2.74. The Morgan fingerprint density at radius 1 is 1.38 bits per heavy atom. The zero-order valence-electron chi connectivity index (χ0n) is 9.74. The van der Waals surface area contributed by atoms with Gasteiger partial charge in [0.1, 0.15) is 12.4 Å². The molecule has 1 rings (SSSR count). The van der Waals surface area contributed by atoms with Crippen LogP contribution in [0.4, 0.5) is 0 Å². The Hall–Kier alpha value is -0.990. The van der Waals surface area contributed by atoms with Crippen molar-refractivity contribution in [2.24, 2.45) is 0 Å². The molecule has 1 N–H and O–H groups in total. The fourth-order valence-electron chi connectivity index (χ4n) is 1.58. The maximum absolute atomic E-state index is 5.46. The molecule has 0 saturated heterocycles. The molecular formula is C13H18ClNO. The zero-order chi connectivity index (χ0) is 11.8. The summed E-state index contributed by atoms with van der Waals surface area (Å²) in [5.74, 6) is 0.865. The van der Waals surface area contributed by atoms with Crippen LogP contribution in [0, 0.1) is 0 Å². The van der Waals surface area contributed by atoms with Crippen LogP contribution in [0.2, 0.25) is 0 Å². The number of hydrogen-bond acceptors (Lipinski definition) is 2. The summed E-state index contributed by atoms with van der Waals surface area (Å²) in [7, 11) is 1.98. The molecule has 0 aliphatic carbocycles. The number of nitrogens with one attached hydrogen (secondary N) is 1. The Morgan fingerprint density at radius 3 is 2.56 bits per heavy atom. The van der Waals surface area contributed by atoms with Crippen molar-refractivity contribution in [3.05, 3.63) is 41.4 Å². The van der Waals surface area contributed by atoms with Crippen molar-refractivity contribution >= 4 is 11.6 Å². The summed E-state index contributed by atoms with van der Waals surface area (Å²) >= 11 is 5.40. The number of hydrogen-bond donors (Lipinski definition) is 1. The fourth-order valence-corrected chi connectivity index (χ4v) is 1.66. The topological polar surface area (TPSA) is 21.3 Å². The first-order valence-electron chi connectivity index (χ1n) is 5.47. The van der Waals surface area contributed by atoms with E-state index in [1.54, 1.807) is 6.08 Å². The SMILES string of the molecule is CCC(NC)c1ccc(OC/C=C/Cl)cc1. The number of ether oxygens (including phenoxy) is 1. The largest absolute Gasteiger partial charge is 0.490 e. The second kappa shape index (κ2) is 7.31. The molecule has 3 heteroatoms. The van der Waals surface area contributed by atoms with E-state index in [4.69, 9.17) is 16.3 Å². The van der Waals surface area contributed by atoms with E-state index in [2.05, 4.69) is 24.4 Å². The fraction of sp³-hybridized carbons (Fsp3) is 0.385. The maximum atomic E-state index is 5.46. The summed E-state index contributed by atoms with van der Waals surface area (Å²) in [5, 5.41) is 3.27. The molecule has 1 atom stereocenters. The number of halogens is 1. The lowest BCUT2D eigenvalue weighted by molar-refractivity contribution is 0.363. The van der Waals surface area contributed by atoms with Gasteiger partial charge in [-0.2, -0.15) is 0 Å². The van der Waals surface area contributed by atoms with Crippen LogP contribution in [-0.2, 0) is 0 Å². The summed E-state index contributed by atoms with van der Waals surface area (Å²) in [6.45, 7) is 2.67. The third kappa shape index (κ3) is 3.87. The lowest BCUT2D eigenvalue weighted by Crippen LogP contribution is -2.14. The van der Waals surface area contributed by atoms with Gasteiger partial charge in [-0.05, 0) is 37.2 Å². The molecule has 1 aromatic carbocycles. The number of benzene rings is 1. The molecule has 0 amide bonds. The Kier molecular flexibility index (Phi) is 5.98. The molecule has 2 nitrogen and oxygen atoms in total. The van der Waals surface area contributed by atoms with E-state index in [1.807, 2.05) is 19.2 Å². The zero-order valence-corrected chi connectivity index (χ0v) is 10.5. The molecule has 0 heterocycles. The van der Waals surface area contributed by atoms with Crippen molar-refractivity contribution in [3.63, 3.8) is 0 Å². The minimum atomic E-state index is 0.414. The van der Waals surface area contributed by atoms with Crippen LogP contribution in [0.5, 0.6) is 5.75 Å². The quantitative estimate of drug-likeness (QED) is 0.821. The highest BCUT2D eigenvalue weighted by atomic mass is 35.5. The molecule has 0 aliphatic heterocycles. The van der Waals surface area contributed by atoms with Gasteiger partial charge in [-0.25, -0.2) is 0 Å². The van der Waals surface area contributed by atoms with Gasteiger partial charge in [-0.1, -0.05) is 30.7 Å². The first-order valence-corrected chi connectivity index (χ1v) is 5.90. The second-order valence-corrected chi connectivity index (χ2v) is 3.74. The Balaban J connectivity index is 2.59. The van der Waals surface area contributed by atoms with Crippen LogP contribution in [0.1, 0.15) is 24.9 Å². The first kappa shape index (κ1) is 13.1. The van der Waals surface area contributed by atoms with Crippen LogP contribution >= 0.6 is 11.6 Å². The van der Waals surface area contributed by atoms with Gasteiger partial charge in [-0.15, -0.1) is 0 Å². The second-order valence-electron chi connectivity index (χ2n) is 3.49. The van der Waals surface area contributed by atoms with Gasteiger partial charge < -0.3 is 10.1 Å². The Morgan fingerprint density at radius 2 is 2.06 bits per heavy atom. The van der Waals surface area contributed by atoms with Gasteiger partial charge in [-0.3, -0.25) is 0 Å². The molecule has 0 bridgehead atoms. The van der Waals surface area contributed by atoms with Crippen LogP contribution < -0.4 is 10.1 Å². The highest BCUT2D eigenvalue weighted by molar-refractivity contribution is 6.25. The monoisotopic (exact) mass is 239 g/mol. The molecule has 0 saturated carbocycles. The summed E-state index contributed by atoms with van der Waals surface area (Å²) in [6, 6.07) is 8.56. The molecule has 0 fully saturated rings. The van der Waals surface area contributed by atoms with Crippen molar-refractivity contribution in [2.75, 3.05) is 13.7 Å². The van der Waals surface area contributed by atoms with E-state index < -0.39 is 0 Å². The average molecular weight is 240 g/mol. The van der Waals surface area contributed by atoms with Crippen molar-refractivity contribution in [3.8, 4) is 5.75 Å². The molecule has 1 unspecified atom stereocenters. The predicted molar refractivity (Wildman–Crippen MR) is 69.0 cm³/mol. The lowest BCUT2D eigenvalue weighted by atomic mass is 10.1. The van der Waals surface area contributed by atoms with Crippen molar-refractivity contribution in [1.82, 2.24) is 5.32 Å². The minimum Gasteiger partial charge on any atom is -0.490 e. The van der Waals surface area contributed by atoms with Crippen LogP contribution in [0.3, 0.4) is 0 Å². The highest BCUT2D eigenvalue weighted by Crippen LogP contribution is 2.19. The van der Waals surface area contributed by atoms with E-state index in [1.165, 1.54) is 11.1 Å². The van der Waals surface area contributed by atoms with E-state index >= 15 is 0 Å². The highest BCUT2D eigenvalue weighted by Gasteiger charge is 2.05. The standard InChI is InChI=1S/C13H18ClNO/c1-3-13(15-2)11-5-7-12(8-6-11)16-10-4-9-14/h4-9,13,15H,3,10H2,1-2H3/b9-4+. The smallest absolute Gasteiger partial charge is 0.119 e. The van der Waals surface area contributed by atoms with Gasteiger partial charge in [0.2, 0.25) is 0 Å². The summed E-state index contributed by atoms with van der Waals surface area (Å²) in [6.07, 6.45) is 2.84. The third-order valence-electron chi connectivity index (χ3n) is 2.47. The van der Waals surface area contributed by atoms with E-state index in [0.29, 0.717) is 12.6 Å². The normalized spacial score (nSPS) is 12.9. The van der Waals surface area contributed by atoms with Crippen LogP contribution in [0.15, 0.2) is 35.9 Å². The van der Waals surface area contributed by atoms with Gasteiger partial charge in [0.05, 0.1) is 0 Å². The minimum absolute atomic E-state index is 0.414. The van der Waals surface area contributed by atoms with E-state index in [0.717, 1.165) is 12.2 Å². The van der Waals surface area contributed by atoms with Gasteiger partial charge >= 0.3 is 0 Å². The molecule has 16 heavy (non-hydrogen) atoms. The third-order valence-corrected chi connectivity index (χ3v) is 2.65. The first-order chi connectivity index (χ1) is 7.81. The van der Waals surface area contributed by atoms with Gasteiger partial charge in [0, 0.05) is 11.6 Å². The van der Waals surface area contributed by atoms with Gasteiger partial charge in [0.25, 0.3) is 0 Å². The maximum Gasteiger partial charge on any atom is 0.119 e. The van der Waals surface area contributed by atoms with Crippen LogP contribution in [0.25, 0.3) is 0 Å². The molecule has 88 valence electrons. The predicted octanol–water partition coefficient (Wildman–Crippen LogP) is 3.49. The summed E-state index contributed by atoms with van der Waals surface area (Å²) < 4.78 is 5.46. The molecule has 1 aromatic rings. The average Bonchev–Trinajstić information content (AvgIpc) is 2.33. The lowest BCUT2D eigenvalue weighted by Gasteiger charge is -2.14.